The van der Waals surface area contributed by atoms with Gasteiger partial charge in [0.15, 0.2) is 0 Å². The number of hydrogen-bond donors (Lipinski definition) is 2. The van der Waals surface area contributed by atoms with Gasteiger partial charge in [-0.25, -0.2) is 0 Å². The molecule has 0 spiro atoms. The Kier molecular flexibility index (Phi) is 3.50. The van der Waals surface area contributed by atoms with Gasteiger partial charge in [0.25, 0.3) is 0 Å². The van der Waals surface area contributed by atoms with Crippen molar-refractivity contribution in [1.82, 2.24) is 5.32 Å². The molecule has 2 rings (SSSR count). The third-order valence-corrected chi connectivity index (χ3v) is 3.50. The molecule has 0 aromatic carbocycles. The van der Waals surface area contributed by atoms with Gasteiger partial charge in [-0.3, -0.25) is 4.79 Å². The summed E-state index contributed by atoms with van der Waals surface area (Å²) in [5.41, 5.74) is 5.30. The number of carbonyl (C=O) groups is 1. The third kappa shape index (κ3) is 3.19. The van der Waals surface area contributed by atoms with Gasteiger partial charge in [-0.05, 0) is 44.4 Å². The predicted octanol–water partition coefficient (Wildman–Crippen LogP) is 0.657. The molecule has 16 heavy (non-hydrogen) atoms. The number of amides is 1. The van der Waals surface area contributed by atoms with Gasteiger partial charge in [0.2, 0.25) is 5.91 Å². The van der Waals surface area contributed by atoms with Gasteiger partial charge in [0.1, 0.15) is 0 Å². The van der Waals surface area contributed by atoms with Crippen LogP contribution in [0, 0.1) is 11.8 Å². The zero-order chi connectivity index (χ0) is 11.6. The molecular weight excluding hydrogens is 204 g/mol. The van der Waals surface area contributed by atoms with Crippen molar-refractivity contribution in [2.24, 2.45) is 17.6 Å². The minimum absolute atomic E-state index is 0.0370. The van der Waals surface area contributed by atoms with Crippen molar-refractivity contribution in [3.8, 4) is 0 Å². The van der Waals surface area contributed by atoms with E-state index in [1.165, 1.54) is 12.8 Å². The number of rotatable bonds is 7. The summed E-state index contributed by atoms with van der Waals surface area (Å²) in [4.78, 5) is 11.8. The molecule has 1 atom stereocenters. The van der Waals surface area contributed by atoms with Crippen LogP contribution < -0.4 is 11.1 Å². The van der Waals surface area contributed by atoms with Gasteiger partial charge in [0.05, 0.1) is 12.1 Å². The second-order valence-corrected chi connectivity index (χ2v) is 5.33. The standard InChI is InChI=1S/C12H22N2O2/c1-12(13,10-4-5-10)11(15)14-6-7-16-8-9-2-3-9/h9-10H,2-8,13H2,1H3,(H,14,15). The summed E-state index contributed by atoms with van der Waals surface area (Å²) in [5.74, 6) is 1.12. The number of carbonyl (C=O) groups excluding carboxylic acids is 1. The average molecular weight is 226 g/mol. The fourth-order valence-corrected chi connectivity index (χ4v) is 1.83. The molecule has 1 unspecified atom stereocenters. The lowest BCUT2D eigenvalue weighted by Crippen LogP contribution is -2.53. The van der Waals surface area contributed by atoms with E-state index < -0.39 is 5.54 Å². The molecule has 4 nitrogen and oxygen atoms in total. The van der Waals surface area contributed by atoms with Crippen molar-refractivity contribution in [2.45, 2.75) is 38.1 Å². The monoisotopic (exact) mass is 226 g/mol. The van der Waals surface area contributed by atoms with E-state index in [0.29, 0.717) is 19.1 Å². The average Bonchev–Trinajstić information content (AvgIpc) is 3.08. The second-order valence-electron chi connectivity index (χ2n) is 5.33. The van der Waals surface area contributed by atoms with Crippen LogP contribution in [0.4, 0.5) is 0 Å². The maximum atomic E-state index is 11.8. The van der Waals surface area contributed by atoms with Crippen molar-refractivity contribution in [2.75, 3.05) is 19.8 Å². The van der Waals surface area contributed by atoms with Gasteiger partial charge in [-0.2, -0.15) is 0 Å². The van der Waals surface area contributed by atoms with E-state index in [9.17, 15) is 4.79 Å². The molecule has 0 saturated heterocycles. The molecule has 2 fully saturated rings. The summed E-state index contributed by atoms with van der Waals surface area (Å²) in [6.45, 7) is 3.84. The molecular formula is C12H22N2O2. The summed E-state index contributed by atoms with van der Waals surface area (Å²) in [5, 5.41) is 2.85. The van der Waals surface area contributed by atoms with Crippen molar-refractivity contribution < 1.29 is 9.53 Å². The van der Waals surface area contributed by atoms with Gasteiger partial charge in [-0.15, -0.1) is 0 Å². The Morgan fingerprint density at radius 3 is 2.69 bits per heavy atom. The normalized spacial score (nSPS) is 23.9. The smallest absolute Gasteiger partial charge is 0.240 e. The Morgan fingerprint density at radius 1 is 1.44 bits per heavy atom. The highest BCUT2D eigenvalue weighted by Gasteiger charge is 2.43. The van der Waals surface area contributed by atoms with E-state index in [1.807, 2.05) is 6.92 Å². The van der Waals surface area contributed by atoms with E-state index in [1.54, 1.807) is 0 Å². The Morgan fingerprint density at radius 2 is 2.12 bits per heavy atom. The highest BCUT2D eigenvalue weighted by atomic mass is 16.5. The van der Waals surface area contributed by atoms with Crippen molar-refractivity contribution in [1.29, 1.82) is 0 Å². The maximum absolute atomic E-state index is 11.8. The number of hydrogen-bond acceptors (Lipinski definition) is 3. The van der Waals surface area contributed by atoms with Crippen LogP contribution in [-0.2, 0) is 9.53 Å². The van der Waals surface area contributed by atoms with E-state index in [2.05, 4.69) is 5.32 Å². The highest BCUT2D eigenvalue weighted by Crippen LogP contribution is 2.38. The quantitative estimate of drug-likeness (QED) is 0.627. The summed E-state index contributed by atoms with van der Waals surface area (Å²) in [6, 6.07) is 0. The molecule has 92 valence electrons. The SMILES string of the molecule is CC(N)(C(=O)NCCOCC1CC1)C1CC1. The van der Waals surface area contributed by atoms with E-state index >= 15 is 0 Å². The maximum Gasteiger partial charge on any atom is 0.240 e. The fourth-order valence-electron chi connectivity index (χ4n) is 1.83. The summed E-state index contributed by atoms with van der Waals surface area (Å²) >= 11 is 0. The molecule has 2 aliphatic carbocycles. The van der Waals surface area contributed by atoms with Crippen LogP contribution in [0.2, 0.25) is 0 Å². The number of ether oxygens (including phenoxy) is 1. The number of nitrogens with one attached hydrogen (secondary N) is 1. The van der Waals surface area contributed by atoms with Crippen LogP contribution in [0.25, 0.3) is 0 Å². The minimum atomic E-state index is -0.684. The van der Waals surface area contributed by atoms with Crippen LogP contribution in [0.3, 0.4) is 0 Å². The van der Waals surface area contributed by atoms with Crippen LogP contribution in [0.5, 0.6) is 0 Å². The predicted molar refractivity (Wildman–Crippen MR) is 61.9 cm³/mol. The minimum Gasteiger partial charge on any atom is -0.379 e. The lowest BCUT2D eigenvalue weighted by atomic mass is 9.96. The molecule has 0 radical (unpaired) electrons. The first kappa shape index (κ1) is 11.9. The zero-order valence-electron chi connectivity index (χ0n) is 10.00. The van der Waals surface area contributed by atoms with Crippen LogP contribution >= 0.6 is 0 Å². The van der Waals surface area contributed by atoms with E-state index in [4.69, 9.17) is 10.5 Å². The summed E-state index contributed by atoms with van der Waals surface area (Å²) in [7, 11) is 0. The molecule has 1 amide bonds. The molecule has 2 saturated carbocycles. The second kappa shape index (κ2) is 4.72. The number of nitrogens with two attached hydrogens (primary N) is 1. The Balaban J connectivity index is 1.55. The molecule has 0 aromatic rings. The topological polar surface area (TPSA) is 64.4 Å². The lowest BCUT2D eigenvalue weighted by molar-refractivity contribution is -0.126. The Bertz CT molecular complexity index is 258. The zero-order valence-corrected chi connectivity index (χ0v) is 10.00. The third-order valence-electron chi connectivity index (χ3n) is 3.50. The molecule has 3 N–H and O–H groups in total. The molecule has 0 bridgehead atoms. The van der Waals surface area contributed by atoms with Gasteiger partial charge >= 0.3 is 0 Å². The van der Waals surface area contributed by atoms with Crippen LogP contribution in [0.1, 0.15) is 32.6 Å². The van der Waals surface area contributed by atoms with Gasteiger partial charge in [0, 0.05) is 13.2 Å². The molecule has 0 aromatic heterocycles. The Hall–Kier alpha value is -0.610. The lowest BCUT2D eigenvalue weighted by Gasteiger charge is -2.23. The van der Waals surface area contributed by atoms with Gasteiger partial charge < -0.3 is 15.8 Å². The fraction of sp³-hybridized carbons (Fsp3) is 0.917. The molecule has 0 heterocycles. The van der Waals surface area contributed by atoms with Crippen molar-refractivity contribution >= 4 is 5.91 Å². The first-order valence-corrected chi connectivity index (χ1v) is 6.25. The Labute approximate surface area is 96.9 Å². The van der Waals surface area contributed by atoms with Gasteiger partial charge in [-0.1, -0.05) is 0 Å². The van der Waals surface area contributed by atoms with Crippen LogP contribution in [-0.4, -0.2) is 31.2 Å². The first-order chi connectivity index (χ1) is 7.60. The van der Waals surface area contributed by atoms with E-state index in [-0.39, 0.29) is 5.91 Å². The molecule has 4 heteroatoms. The largest absolute Gasteiger partial charge is 0.379 e. The van der Waals surface area contributed by atoms with E-state index in [0.717, 1.165) is 25.4 Å². The van der Waals surface area contributed by atoms with Crippen LogP contribution in [0.15, 0.2) is 0 Å². The first-order valence-electron chi connectivity index (χ1n) is 6.25. The molecule has 2 aliphatic rings. The summed E-state index contributed by atoms with van der Waals surface area (Å²) in [6.07, 6.45) is 4.76. The van der Waals surface area contributed by atoms with Crippen molar-refractivity contribution in [3.05, 3.63) is 0 Å². The highest BCUT2D eigenvalue weighted by molar-refractivity contribution is 5.86. The summed E-state index contributed by atoms with van der Waals surface area (Å²) < 4.78 is 5.44. The molecule has 0 aliphatic heterocycles. The van der Waals surface area contributed by atoms with Crippen molar-refractivity contribution in [3.63, 3.8) is 0 Å².